The maximum Gasteiger partial charge on any atom is 0.0368 e. The van der Waals surface area contributed by atoms with E-state index in [0.717, 1.165) is 13.1 Å². The fraction of sp³-hybridized carbons (Fsp3) is 0.571. The van der Waals surface area contributed by atoms with E-state index in [2.05, 4.69) is 49.3 Å². The fourth-order valence-electron chi connectivity index (χ4n) is 2.35. The number of hydrogen-bond acceptors (Lipinski definition) is 2. The third-order valence-corrected chi connectivity index (χ3v) is 3.75. The van der Waals surface area contributed by atoms with Crippen LogP contribution < -0.4 is 10.2 Å². The zero-order valence-corrected chi connectivity index (χ0v) is 10.6. The lowest BCUT2D eigenvalue weighted by atomic mass is 10.0. The van der Waals surface area contributed by atoms with Crippen molar-refractivity contribution in [2.24, 2.45) is 0 Å². The minimum Gasteiger partial charge on any atom is -0.372 e. The first-order chi connectivity index (χ1) is 7.68. The summed E-state index contributed by atoms with van der Waals surface area (Å²) in [7, 11) is 2.22. The Kier molecular flexibility index (Phi) is 3.49. The van der Waals surface area contributed by atoms with Crippen LogP contribution in [0.5, 0.6) is 0 Å². The molecule has 0 spiro atoms. The molecular weight excluding hydrogens is 196 g/mol. The van der Waals surface area contributed by atoms with Gasteiger partial charge in [0.05, 0.1) is 0 Å². The van der Waals surface area contributed by atoms with Crippen LogP contribution in [0.4, 0.5) is 5.69 Å². The SMILES string of the molecule is Cc1ccc(N(C)C2CCNCC2)cc1C. The van der Waals surface area contributed by atoms with Crippen molar-refractivity contribution in [3.05, 3.63) is 29.3 Å². The number of benzene rings is 1. The Morgan fingerprint density at radius 1 is 1.12 bits per heavy atom. The lowest BCUT2D eigenvalue weighted by Crippen LogP contribution is -2.41. The second kappa shape index (κ2) is 4.88. The molecule has 0 amide bonds. The molecule has 1 N–H and O–H groups in total. The van der Waals surface area contributed by atoms with Crippen molar-refractivity contribution in [1.29, 1.82) is 0 Å². The molecule has 0 aliphatic carbocycles. The summed E-state index contributed by atoms with van der Waals surface area (Å²) in [6.45, 7) is 6.67. The van der Waals surface area contributed by atoms with Crippen LogP contribution in [0.2, 0.25) is 0 Å². The summed E-state index contributed by atoms with van der Waals surface area (Å²) in [5.74, 6) is 0. The number of nitrogens with zero attached hydrogens (tertiary/aromatic N) is 1. The topological polar surface area (TPSA) is 15.3 Å². The molecule has 1 heterocycles. The normalized spacial score (nSPS) is 17.4. The third-order valence-electron chi connectivity index (χ3n) is 3.75. The molecule has 1 saturated heterocycles. The van der Waals surface area contributed by atoms with E-state index in [1.807, 2.05) is 0 Å². The van der Waals surface area contributed by atoms with Gasteiger partial charge in [0.1, 0.15) is 0 Å². The van der Waals surface area contributed by atoms with Gasteiger partial charge in [-0.15, -0.1) is 0 Å². The monoisotopic (exact) mass is 218 g/mol. The molecule has 1 aliphatic rings. The van der Waals surface area contributed by atoms with Crippen molar-refractivity contribution in [2.45, 2.75) is 32.7 Å². The summed E-state index contributed by atoms with van der Waals surface area (Å²) in [6.07, 6.45) is 2.51. The Hall–Kier alpha value is -1.02. The molecule has 0 bridgehead atoms. The molecule has 1 fully saturated rings. The number of anilines is 1. The van der Waals surface area contributed by atoms with E-state index >= 15 is 0 Å². The van der Waals surface area contributed by atoms with E-state index in [4.69, 9.17) is 0 Å². The van der Waals surface area contributed by atoms with E-state index in [1.54, 1.807) is 0 Å². The van der Waals surface area contributed by atoms with Gasteiger partial charge in [-0.2, -0.15) is 0 Å². The van der Waals surface area contributed by atoms with E-state index in [-0.39, 0.29) is 0 Å². The van der Waals surface area contributed by atoms with Gasteiger partial charge in [-0.05, 0) is 63.0 Å². The van der Waals surface area contributed by atoms with Gasteiger partial charge in [0.15, 0.2) is 0 Å². The lowest BCUT2D eigenvalue weighted by molar-refractivity contribution is 0.443. The quantitative estimate of drug-likeness (QED) is 0.820. The fourth-order valence-corrected chi connectivity index (χ4v) is 2.35. The summed E-state index contributed by atoms with van der Waals surface area (Å²) in [5, 5.41) is 3.41. The summed E-state index contributed by atoms with van der Waals surface area (Å²) in [6, 6.07) is 7.47. The van der Waals surface area contributed by atoms with E-state index in [9.17, 15) is 0 Å². The van der Waals surface area contributed by atoms with Crippen LogP contribution in [0.1, 0.15) is 24.0 Å². The minimum atomic E-state index is 0.698. The van der Waals surface area contributed by atoms with Crippen LogP contribution >= 0.6 is 0 Å². The highest BCUT2D eigenvalue weighted by molar-refractivity contribution is 5.50. The van der Waals surface area contributed by atoms with Crippen molar-refractivity contribution in [2.75, 3.05) is 25.0 Å². The first-order valence-corrected chi connectivity index (χ1v) is 6.19. The molecule has 88 valence electrons. The van der Waals surface area contributed by atoms with Gasteiger partial charge < -0.3 is 10.2 Å². The van der Waals surface area contributed by atoms with Crippen molar-refractivity contribution in [1.82, 2.24) is 5.32 Å². The van der Waals surface area contributed by atoms with Gasteiger partial charge in [-0.25, -0.2) is 0 Å². The predicted octanol–water partition coefficient (Wildman–Crippen LogP) is 2.49. The maximum atomic E-state index is 3.41. The van der Waals surface area contributed by atoms with Crippen LogP contribution in [0.15, 0.2) is 18.2 Å². The highest BCUT2D eigenvalue weighted by Gasteiger charge is 2.17. The number of piperidine rings is 1. The third kappa shape index (κ3) is 2.38. The van der Waals surface area contributed by atoms with E-state index < -0.39 is 0 Å². The van der Waals surface area contributed by atoms with E-state index in [0.29, 0.717) is 6.04 Å². The summed E-state index contributed by atoms with van der Waals surface area (Å²) < 4.78 is 0. The largest absolute Gasteiger partial charge is 0.372 e. The average molecular weight is 218 g/mol. The van der Waals surface area contributed by atoms with Crippen LogP contribution in [-0.2, 0) is 0 Å². The van der Waals surface area contributed by atoms with Crippen molar-refractivity contribution < 1.29 is 0 Å². The highest BCUT2D eigenvalue weighted by Crippen LogP contribution is 2.22. The second-order valence-electron chi connectivity index (χ2n) is 4.86. The molecule has 2 rings (SSSR count). The number of hydrogen-bond donors (Lipinski definition) is 1. The molecule has 0 radical (unpaired) electrons. The summed E-state index contributed by atoms with van der Waals surface area (Å²) in [4.78, 5) is 2.44. The van der Waals surface area contributed by atoms with Gasteiger partial charge in [0, 0.05) is 18.8 Å². The summed E-state index contributed by atoms with van der Waals surface area (Å²) in [5.41, 5.74) is 4.12. The number of rotatable bonds is 2. The Labute approximate surface area is 98.7 Å². The van der Waals surface area contributed by atoms with Crippen LogP contribution in [-0.4, -0.2) is 26.2 Å². The molecule has 1 aromatic carbocycles. The molecule has 0 aromatic heterocycles. The van der Waals surface area contributed by atoms with Gasteiger partial charge in [0.25, 0.3) is 0 Å². The van der Waals surface area contributed by atoms with Crippen LogP contribution in [0.25, 0.3) is 0 Å². The zero-order valence-electron chi connectivity index (χ0n) is 10.6. The predicted molar refractivity (Wildman–Crippen MR) is 70.2 cm³/mol. The molecule has 0 unspecified atom stereocenters. The van der Waals surface area contributed by atoms with Crippen molar-refractivity contribution in [3.8, 4) is 0 Å². The Balaban J connectivity index is 2.12. The standard InChI is InChI=1S/C14H22N2/c1-11-4-5-14(10-12(11)2)16(3)13-6-8-15-9-7-13/h4-5,10,13,15H,6-9H2,1-3H3. The first kappa shape index (κ1) is 11.5. The summed E-state index contributed by atoms with van der Waals surface area (Å²) >= 11 is 0. The molecule has 0 atom stereocenters. The number of nitrogens with one attached hydrogen (secondary N) is 1. The first-order valence-electron chi connectivity index (χ1n) is 6.19. The minimum absolute atomic E-state index is 0.698. The van der Waals surface area contributed by atoms with E-state index in [1.165, 1.54) is 29.7 Å². The highest BCUT2D eigenvalue weighted by atomic mass is 15.1. The molecule has 1 aromatic rings. The zero-order chi connectivity index (χ0) is 11.5. The van der Waals surface area contributed by atoms with Gasteiger partial charge in [0.2, 0.25) is 0 Å². The Bertz CT molecular complexity index is 354. The molecule has 1 aliphatic heterocycles. The molecule has 2 heteroatoms. The Morgan fingerprint density at radius 2 is 1.81 bits per heavy atom. The smallest absolute Gasteiger partial charge is 0.0368 e. The molecular formula is C14H22N2. The van der Waals surface area contributed by atoms with Crippen LogP contribution in [0, 0.1) is 13.8 Å². The van der Waals surface area contributed by atoms with Gasteiger partial charge >= 0.3 is 0 Å². The Morgan fingerprint density at radius 3 is 2.44 bits per heavy atom. The lowest BCUT2D eigenvalue weighted by Gasteiger charge is -2.33. The van der Waals surface area contributed by atoms with Crippen LogP contribution in [0.3, 0.4) is 0 Å². The molecule has 16 heavy (non-hydrogen) atoms. The molecule has 2 nitrogen and oxygen atoms in total. The van der Waals surface area contributed by atoms with Crippen molar-refractivity contribution >= 4 is 5.69 Å². The maximum absolute atomic E-state index is 3.41. The van der Waals surface area contributed by atoms with Crippen molar-refractivity contribution in [3.63, 3.8) is 0 Å². The second-order valence-corrected chi connectivity index (χ2v) is 4.86. The number of aryl methyl sites for hydroxylation is 2. The molecule has 0 saturated carbocycles. The average Bonchev–Trinajstić information content (AvgIpc) is 2.33. The van der Waals surface area contributed by atoms with Gasteiger partial charge in [-0.3, -0.25) is 0 Å². The van der Waals surface area contributed by atoms with Gasteiger partial charge in [-0.1, -0.05) is 6.07 Å².